The minimum atomic E-state index is -1.48. The lowest BCUT2D eigenvalue weighted by atomic mass is 10.2. The first-order valence-corrected chi connectivity index (χ1v) is 5.29. The molecular weight excluding hydrogens is 294 g/mol. The van der Waals surface area contributed by atoms with Crippen molar-refractivity contribution in [2.75, 3.05) is 0 Å². The molecule has 1 rings (SSSR count). The van der Waals surface area contributed by atoms with Crippen molar-refractivity contribution in [2.45, 2.75) is 0 Å². The Morgan fingerprint density at radius 2 is 2.17 bits per heavy atom. The number of aromatic carboxylic acids is 1. The molecule has 1 N–H and O–H groups in total. The van der Waals surface area contributed by atoms with Crippen LogP contribution in [0.1, 0.15) is 10.4 Å². The molecule has 64 valence electrons. The van der Waals surface area contributed by atoms with E-state index in [9.17, 15) is 7.86 Å². The lowest BCUT2D eigenvalue weighted by molar-refractivity contribution is 0.0695. The Bertz CT molecular complexity index is 337. The van der Waals surface area contributed by atoms with Crippen LogP contribution in [-0.4, -0.2) is 11.1 Å². The van der Waals surface area contributed by atoms with Gasteiger partial charge in [-0.05, 0) is 18.2 Å². The molecule has 0 atom stereocenters. The summed E-state index contributed by atoms with van der Waals surface area (Å²) in [5.74, 6) is -1.07. The van der Waals surface area contributed by atoms with Crippen LogP contribution in [-0.2, 0) is 3.07 Å². The quantitative estimate of drug-likeness (QED) is 0.854. The van der Waals surface area contributed by atoms with Crippen LogP contribution in [0.4, 0.5) is 0 Å². The van der Waals surface area contributed by atoms with Gasteiger partial charge >= 0.3 is 5.97 Å². The van der Waals surface area contributed by atoms with Crippen LogP contribution in [0.5, 0.6) is 0 Å². The summed E-state index contributed by atoms with van der Waals surface area (Å²) >= 11 is 4.11. The molecular formula is C7H4ClIO3. The van der Waals surface area contributed by atoms with Gasteiger partial charge in [0, 0.05) is 5.02 Å². The normalized spacial score (nSPS) is 9.75. The molecule has 0 heterocycles. The van der Waals surface area contributed by atoms with E-state index in [-0.39, 0.29) is 5.56 Å². The molecule has 0 saturated heterocycles. The van der Waals surface area contributed by atoms with Crippen LogP contribution in [0.2, 0.25) is 5.02 Å². The summed E-state index contributed by atoms with van der Waals surface area (Å²) in [5.41, 5.74) is 0.0715. The molecule has 0 unspecified atom stereocenters. The minimum absolute atomic E-state index is 0.0715. The molecule has 0 fully saturated rings. The highest BCUT2D eigenvalue weighted by Gasteiger charge is 2.09. The topological polar surface area (TPSA) is 54.4 Å². The van der Waals surface area contributed by atoms with E-state index in [2.05, 4.69) is 0 Å². The van der Waals surface area contributed by atoms with Gasteiger partial charge in [0.1, 0.15) is 0 Å². The van der Waals surface area contributed by atoms with E-state index in [0.29, 0.717) is 8.59 Å². The van der Waals surface area contributed by atoms with Gasteiger partial charge in [-0.2, -0.15) is 0 Å². The molecule has 0 bridgehead atoms. The minimum Gasteiger partial charge on any atom is -0.478 e. The lowest BCUT2D eigenvalue weighted by Crippen LogP contribution is -1.98. The SMILES string of the molecule is O=Ic1cc(Cl)ccc1C(=O)O. The maximum Gasteiger partial charge on any atom is 0.336 e. The van der Waals surface area contributed by atoms with Gasteiger partial charge in [-0.15, -0.1) is 0 Å². The molecule has 1 aromatic rings. The number of benzene rings is 1. The summed E-state index contributed by atoms with van der Waals surface area (Å²) in [5, 5.41) is 9.03. The van der Waals surface area contributed by atoms with Crippen molar-refractivity contribution in [3.05, 3.63) is 32.4 Å². The van der Waals surface area contributed by atoms with Crippen LogP contribution in [0.3, 0.4) is 0 Å². The first-order valence-electron chi connectivity index (χ1n) is 2.95. The van der Waals surface area contributed by atoms with E-state index in [1.807, 2.05) is 0 Å². The molecule has 0 amide bonds. The van der Waals surface area contributed by atoms with E-state index < -0.39 is 27.2 Å². The average molecular weight is 298 g/mol. The Morgan fingerprint density at radius 3 is 2.67 bits per heavy atom. The second-order valence-electron chi connectivity index (χ2n) is 2.01. The third-order valence-corrected chi connectivity index (χ3v) is 2.85. The van der Waals surface area contributed by atoms with E-state index in [1.54, 1.807) is 0 Å². The molecule has 0 aliphatic carbocycles. The lowest BCUT2D eigenvalue weighted by Gasteiger charge is -1.97. The van der Waals surface area contributed by atoms with Crippen LogP contribution in [0, 0.1) is 3.57 Å². The zero-order valence-electron chi connectivity index (χ0n) is 5.75. The van der Waals surface area contributed by atoms with Gasteiger partial charge in [0.05, 0.1) is 9.13 Å². The number of halogens is 2. The van der Waals surface area contributed by atoms with Gasteiger partial charge in [0.25, 0.3) is 0 Å². The van der Waals surface area contributed by atoms with Crippen molar-refractivity contribution < 1.29 is 13.0 Å². The third-order valence-electron chi connectivity index (χ3n) is 1.24. The van der Waals surface area contributed by atoms with Crippen LogP contribution >= 0.6 is 32.8 Å². The van der Waals surface area contributed by atoms with Crippen molar-refractivity contribution >= 4 is 38.8 Å². The average Bonchev–Trinajstić information content (AvgIpc) is 2.03. The Balaban J connectivity index is 3.29. The summed E-state index contributed by atoms with van der Waals surface area (Å²) in [6, 6.07) is 4.25. The molecule has 5 heteroatoms. The highest BCUT2D eigenvalue weighted by molar-refractivity contribution is 14.1. The second kappa shape index (κ2) is 3.95. The molecule has 12 heavy (non-hydrogen) atoms. The van der Waals surface area contributed by atoms with Crippen LogP contribution < -0.4 is 0 Å². The summed E-state index contributed by atoms with van der Waals surface area (Å²) in [6.45, 7) is 0. The van der Waals surface area contributed by atoms with Crippen molar-refractivity contribution in [3.8, 4) is 0 Å². The first kappa shape index (κ1) is 9.60. The van der Waals surface area contributed by atoms with Gasteiger partial charge in [0.2, 0.25) is 0 Å². The van der Waals surface area contributed by atoms with Gasteiger partial charge in [-0.3, -0.25) is 3.07 Å². The molecule has 1 aromatic carbocycles. The Morgan fingerprint density at radius 1 is 1.50 bits per heavy atom. The Hall–Kier alpha value is -0.490. The third kappa shape index (κ3) is 2.01. The van der Waals surface area contributed by atoms with Crippen molar-refractivity contribution in [1.82, 2.24) is 0 Å². The van der Waals surface area contributed by atoms with E-state index in [1.165, 1.54) is 18.2 Å². The zero-order valence-corrected chi connectivity index (χ0v) is 8.67. The molecule has 0 aliphatic heterocycles. The van der Waals surface area contributed by atoms with Crippen molar-refractivity contribution in [2.24, 2.45) is 0 Å². The molecule has 0 spiro atoms. The number of hydrogen-bond donors (Lipinski definition) is 1. The number of carboxylic acids is 1. The molecule has 3 nitrogen and oxygen atoms in total. The second-order valence-corrected chi connectivity index (χ2v) is 4.05. The predicted molar refractivity (Wildman–Crippen MR) is 51.8 cm³/mol. The number of hydrogen-bond acceptors (Lipinski definition) is 2. The van der Waals surface area contributed by atoms with E-state index in [0.717, 1.165) is 0 Å². The Labute approximate surface area is 84.0 Å². The molecule has 0 aromatic heterocycles. The summed E-state index contributed by atoms with van der Waals surface area (Å²) in [6.07, 6.45) is 0. The summed E-state index contributed by atoms with van der Waals surface area (Å²) < 4.78 is 10.9. The number of carboxylic acid groups (broad SMARTS) is 1. The zero-order chi connectivity index (χ0) is 9.14. The fourth-order valence-electron chi connectivity index (χ4n) is 0.727. The predicted octanol–water partition coefficient (Wildman–Crippen LogP) is 2.52. The number of rotatable bonds is 2. The van der Waals surface area contributed by atoms with E-state index in [4.69, 9.17) is 16.7 Å². The molecule has 0 aliphatic rings. The highest BCUT2D eigenvalue weighted by Crippen LogP contribution is 2.20. The van der Waals surface area contributed by atoms with Gasteiger partial charge < -0.3 is 5.11 Å². The van der Waals surface area contributed by atoms with Crippen LogP contribution in [0.25, 0.3) is 0 Å². The fourth-order valence-corrected chi connectivity index (χ4v) is 2.19. The summed E-state index contributed by atoms with van der Waals surface area (Å²) in [4.78, 5) is 10.5. The highest BCUT2D eigenvalue weighted by atomic mass is 127. The van der Waals surface area contributed by atoms with Gasteiger partial charge in [-0.1, -0.05) is 11.6 Å². The standard InChI is InChI=1S/C7H4ClIO3/c8-4-1-2-5(7(10)11)6(3-4)9-12/h1-3H,(H,10,11). The monoisotopic (exact) mass is 298 g/mol. The van der Waals surface area contributed by atoms with E-state index >= 15 is 0 Å². The fraction of sp³-hybridized carbons (Fsp3) is 0. The molecule has 0 radical (unpaired) electrons. The summed E-state index contributed by atoms with van der Waals surface area (Å²) in [7, 11) is 0. The smallest absolute Gasteiger partial charge is 0.336 e. The van der Waals surface area contributed by atoms with Gasteiger partial charge in [0.15, 0.2) is 21.2 Å². The first-order chi connectivity index (χ1) is 5.65. The van der Waals surface area contributed by atoms with Crippen molar-refractivity contribution in [3.63, 3.8) is 0 Å². The van der Waals surface area contributed by atoms with Crippen LogP contribution in [0.15, 0.2) is 18.2 Å². The number of carbonyl (C=O) groups is 1. The molecule has 0 saturated carbocycles. The Kier molecular flexibility index (Phi) is 3.16. The van der Waals surface area contributed by atoms with Crippen molar-refractivity contribution in [1.29, 1.82) is 0 Å². The van der Waals surface area contributed by atoms with Gasteiger partial charge in [-0.25, -0.2) is 4.79 Å². The largest absolute Gasteiger partial charge is 0.478 e. The maximum atomic E-state index is 10.6. The maximum absolute atomic E-state index is 10.6.